The molecule has 3 amide bonds. The summed E-state index contributed by atoms with van der Waals surface area (Å²) in [5, 5.41) is 25.2. The van der Waals surface area contributed by atoms with Crippen LogP contribution < -0.4 is 16.0 Å². The molecule has 0 radical (unpaired) electrons. The standard InChI is InChI=1S/C19H27N3O6/c1-13-6-8-14(9-7-13)12-16(23)20-10-2-4-15(18(26)27)22-19(28)21-11-3-5-17(24)25/h6-9,15H,2-5,10-12H2,1H3,(H,20,23)(H,24,25)(H,26,27)(H2,21,22,28). The highest BCUT2D eigenvalue weighted by Crippen LogP contribution is 2.04. The third-order valence-corrected chi connectivity index (χ3v) is 3.93. The summed E-state index contributed by atoms with van der Waals surface area (Å²) < 4.78 is 0. The van der Waals surface area contributed by atoms with Crippen molar-refractivity contribution in [3.05, 3.63) is 35.4 Å². The molecule has 0 aliphatic rings. The lowest BCUT2D eigenvalue weighted by Gasteiger charge is -2.15. The second-order valence-corrected chi connectivity index (χ2v) is 6.44. The number of carbonyl (C=O) groups excluding carboxylic acids is 2. The molecule has 9 nitrogen and oxygen atoms in total. The molecule has 28 heavy (non-hydrogen) atoms. The molecule has 0 heterocycles. The number of hydrogen-bond donors (Lipinski definition) is 5. The average Bonchev–Trinajstić information content (AvgIpc) is 2.63. The predicted molar refractivity (Wildman–Crippen MR) is 102 cm³/mol. The second-order valence-electron chi connectivity index (χ2n) is 6.44. The van der Waals surface area contributed by atoms with Gasteiger partial charge < -0.3 is 26.2 Å². The number of carboxylic acids is 2. The lowest BCUT2D eigenvalue weighted by Crippen LogP contribution is -2.46. The molecule has 0 bridgehead atoms. The molecule has 5 N–H and O–H groups in total. The Bertz CT molecular complexity index is 675. The van der Waals surface area contributed by atoms with Crippen molar-refractivity contribution < 1.29 is 29.4 Å². The van der Waals surface area contributed by atoms with E-state index >= 15 is 0 Å². The molecule has 0 aromatic heterocycles. The van der Waals surface area contributed by atoms with Crippen LogP contribution in [-0.4, -0.2) is 53.2 Å². The first-order chi connectivity index (χ1) is 13.3. The SMILES string of the molecule is Cc1ccc(CC(=O)NCCCC(NC(=O)NCCCC(=O)O)C(=O)O)cc1. The maximum Gasteiger partial charge on any atom is 0.326 e. The smallest absolute Gasteiger partial charge is 0.326 e. The van der Waals surface area contributed by atoms with Crippen LogP contribution in [-0.2, 0) is 20.8 Å². The fourth-order valence-electron chi connectivity index (χ4n) is 2.40. The van der Waals surface area contributed by atoms with Gasteiger partial charge in [0.05, 0.1) is 6.42 Å². The van der Waals surface area contributed by atoms with E-state index in [0.29, 0.717) is 13.0 Å². The minimum absolute atomic E-state index is 0.0784. The zero-order valence-corrected chi connectivity index (χ0v) is 15.9. The van der Waals surface area contributed by atoms with E-state index in [0.717, 1.165) is 11.1 Å². The van der Waals surface area contributed by atoms with Gasteiger partial charge in [-0.2, -0.15) is 0 Å². The van der Waals surface area contributed by atoms with Gasteiger partial charge in [0, 0.05) is 19.5 Å². The quantitative estimate of drug-likeness (QED) is 0.336. The number of urea groups is 1. The van der Waals surface area contributed by atoms with Gasteiger partial charge in [-0.3, -0.25) is 9.59 Å². The molecule has 9 heteroatoms. The monoisotopic (exact) mass is 393 g/mol. The van der Waals surface area contributed by atoms with Gasteiger partial charge in [-0.1, -0.05) is 29.8 Å². The maximum absolute atomic E-state index is 11.9. The van der Waals surface area contributed by atoms with E-state index in [1.165, 1.54) is 0 Å². The highest BCUT2D eigenvalue weighted by molar-refractivity contribution is 5.82. The van der Waals surface area contributed by atoms with Gasteiger partial charge in [-0.05, 0) is 31.7 Å². The number of carboxylic acid groups (broad SMARTS) is 2. The number of carbonyl (C=O) groups is 4. The lowest BCUT2D eigenvalue weighted by atomic mass is 10.1. The van der Waals surface area contributed by atoms with Crippen molar-refractivity contribution in [2.75, 3.05) is 13.1 Å². The molecular weight excluding hydrogens is 366 g/mol. The van der Waals surface area contributed by atoms with Crippen molar-refractivity contribution in [2.45, 2.75) is 45.1 Å². The summed E-state index contributed by atoms with van der Waals surface area (Å²) >= 11 is 0. The van der Waals surface area contributed by atoms with Gasteiger partial charge in [-0.25, -0.2) is 9.59 Å². The van der Waals surface area contributed by atoms with Gasteiger partial charge in [0.2, 0.25) is 5.91 Å². The molecule has 1 unspecified atom stereocenters. The fraction of sp³-hybridized carbons (Fsp3) is 0.474. The highest BCUT2D eigenvalue weighted by atomic mass is 16.4. The molecule has 0 aliphatic carbocycles. The second kappa shape index (κ2) is 12.3. The number of amides is 3. The Labute approximate surface area is 163 Å². The molecule has 0 saturated carbocycles. The summed E-state index contributed by atoms with van der Waals surface area (Å²) in [5.41, 5.74) is 2.01. The van der Waals surface area contributed by atoms with Crippen molar-refractivity contribution in [2.24, 2.45) is 0 Å². The summed E-state index contributed by atoms with van der Waals surface area (Å²) in [6.07, 6.45) is 0.969. The van der Waals surface area contributed by atoms with Crippen molar-refractivity contribution >= 4 is 23.9 Å². The lowest BCUT2D eigenvalue weighted by molar-refractivity contribution is -0.139. The Morgan fingerprint density at radius 1 is 0.964 bits per heavy atom. The Kier molecular flexibility index (Phi) is 10.1. The van der Waals surface area contributed by atoms with E-state index in [4.69, 9.17) is 5.11 Å². The topological polar surface area (TPSA) is 145 Å². The summed E-state index contributed by atoms with van der Waals surface area (Å²) in [6.45, 7) is 2.41. The zero-order chi connectivity index (χ0) is 20.9. The van der Waals surface area contributed by atoms with Crippen LogP contribution in [0.2, 0.25) is 0 Å². The van der Waals surface area contributed by atoms with Gasteiger partial charge in [0.25, 0.3) is 0 Å². The molecule has 0 aliphatic heterocycles. The first-order valence-electron chi connectivity index (χ1n) is 9.09. The summed E-state index contributed by atoms with van der Waals surface area (Å²) in [6, 6.07) is 5.87. The van der Waals surface area contributed by atoms with E-state index in [1.54, 1.807) is 0 Å². The van der Waals surface area contributed by atoms with Crippen LogP contribution in [0.4, 0.5) is 4.79 Å². The minimum Gasteiger partial charge on any atom is -0.481 e. The molecule has 0 fully saturated rings. The van der Waals surface area contributed by atoms with Gasteiger partial charge in [0.1, 0.15) is 6.04 Å². The number of aliphatic carboxylic acids is 2. The van der Waals surface area contributed by atoms with Crippen LogP contribution >= 0.6 is 0 Å². The van der Waals surface area contributed by atoms with Crippen LogP contribution in [0.15, 0.2) is 24.3 Å². The molecule has 1 aromatic rings. The van der Waals surface area contributed by atoms with Gasteiger partial charge in [0.15, 0.2) is 0 Å². The van der Waals surface area contributed by atoms with Crippen molar-refractivity contribution in [1.82, 2.24) is 16.0 Å². The average molecular weight is 393 g/mol. The van der Waals surface area contributed by atoms with E-state index in [1.807, 2.05) is 31.2 Å². The first kappa shape index (κ1) is 22.9. The first-order valence-corrected chi connectivity index (χ1v) is 9.09. The van der Waals surface area contributed by atoms with E-state index in [2.05, 4.69) is 16.0 Å². The number of rotatable bonds is 12. The highest BCUT2D eigenvalue weighted by Gasteiger charge is 2.19. The van der Waals surface area contributed by atoms with E-state index < -0.39 is 24.0 Å². The summed E-state index contributed by atoms with van der Waals surface area (Å²) in [4.78, 5) is 45.2. The Morgan fingerprint density at radius 2 is 1.61 bits per heavy atom. The van der Waals surface area contributed by atoms with Crippen LogP contribution in [0.3, 0.4) is 0 Å². The molecule has 0 spiro atoms. The zero-order valence-electron chi connectivity index (χ0n) is 15.9. The predicted octanol–water partition coefficient (Wildman–Crippen LogP) is 1.05. The molecule has 1 rings (SSSR count). The summed E-state index contributed by atoms with van der Waals surface area (Å²) in [5.74, 6) is -2.29. The fourth-order valence-corrected chi connectivity index (χ4v) is 2.40. The van der Waals surface area contributed by atoms with Gasteiger partial charge >= 0.3 is 18.0 Å². The number of hydrogen-bond acceptors (Lipinski definition) is 4. The number of aryl methyl sites for hydroxylation is 1. The van der Waals surface area contributed by atoms with Crippen molar-refractivity contribution in [3.63, 3.8) is 0 Å². The largest absolute Gasteiger partial charge is 0.481 e. The molecular formula is C19H27N3O6. The van der Waals surface area contributed by atoms with E-state index in [9.17, 15) is 24.3 Å². The number of benzene rings is 1. The van der Waals surface area contributed by atoms with E-state index in [-0.39, 0.29) is 38.1 Å². The van der Waals surface area contributed by atoms with Crippen molar-refractivity contribution in [3.8, 4) is 0 Å². The van der Waals surface area contributed by atoms with Crippen LogP contribution in [0.25, 0.3) is 0 Å². The Morgan fingerprint density at radius 3 is 2.21 bits per heavy atom. The molecule has 0 saturated heterocycles. The minimum atomic E-state index is -1.17. The number of nitrogens with one attached hydrogen (secondary N) is 3. The maximum atomic E-state index is 11.9. The Hall–Kier alpha value is -3.10. The molecule has 1 atom stereocenters. The third-order valence-electron chi connectivity index (χ3n) is 3.93. The third kappa shape index (κ3) is 10.1. The normalized spacial score (nSPS) is 11.3. The van der Waals surface area contributed by atoms with Gasteiger partial charge in [-0.15, -0.1) is 0 Å². The molecule has 154 valence electrons. The Balaban J connectivity index is 2.26. The molecule has 1 aromatic carbocycles. The van der Waals surface area contributed by atoms with Crippen LogP contribution in [0.1, 0.15) is 36.8 Å². The van der Waals surface area contributed by atoms with Crippen LogP contribution in [0.5, 0.6) is 0 Å². The summed E-state index contributed by atoms with van der Waals surface area (Å²) in [7, 11) is 0. The van der Waals surface area contributed by atoms with Crippen molar-refractivity contribution in [1.29, 1.82) is 0 Å². The van der Waals surface area contributed by atoms with Crippen LogP contribution in [0, 0.1) is 6.92 Å².